The second-order valence-corrected chi connectivity index (χ2v) is 8.91. The molecule has 5 aliphatic rings. The van der Waals surface area contributed by atoms with Gasteiger partial charge in [-0.3, -0.25) is 9.59 Å². The van der Waals surface area contributed by atoms with E-state index in [4.69, 9.17) is 9.47 Å². The summed E-state index contributed by atoms with van der Waals surface area (Å²) in [4.78, 5) is 25.8. The van der Waals surface area contributed by atoms with Crippen LogP contribution in [0.4, 0.5) is 0 Å². The highest BCUT2D eigenvalue weighted by Gasteiger charge is 2.82. The van der Waals surface area contributed by atoms with Gasteiger partial charge in [-0.05, 0) is 50.0 Å². The third kappa shape index (κ3) is 1.44. The highest BCUT2D eigenvalue weighted by molar-refractivity contribution is 5.86. The molecule has 0 aromatic carbocycles. The first-order valence-electron chi connectivity index (χ1n) is 9.17. The van der Waals surface area contributed by atoms with Crippen molar-refractivity contribution in [3.8, 4) is 0 Å². The number of rotatable bonds is 1. The van der Waals surface area contributed by atoms with Crippen molar-refractivity contribution in [2.45, 2.75) is 44.3 Å². The van der Waals surface area contributed by atoms with E-state index < -0.39 is 29.0 Å². The first-order chi connectivity index (χ1) is 11.8. The zero-order chi connectivity index (χ0) is 17.8. The maximum atomic E-state index is 13.0. The molecule has 1 spiro atoms. The summed E-state index contributed by atoms with van der Waals surface area (Å²) in [5.41, 5.74) is -0.949. The number of carbonyl (C=O) groups excluding carboxylic acids is 2. The number of hydrogen-bond donors (Lipinski definition) is 1. The van der Waals surface area contributed by atoms with Crippen molar-refractivity contribution in [1.29, 1.82) is 0 Å². The summed E-state index contributed by atoms with van der Waals surface area (Å²) in [6.45, 7) is 6.02. The molecule has 4 fully saturated rings. The van der Waals surface area contributed by atoms with Crippen LogP contribution < -0.4 is 0 Å². The van der Waals surface area contributed by atoms with Crippen LogP contribution in [0.5, 0.6) is 0 Å². The predicted molar refractivity (Wildman–Crippen MR) is 88.1 cm³/mol. The second kappa shape index (κ2) is 4.37. The molecule has 0 amide bonds. The highest BCUT2D eigenvalue weighted by Crippen LogP contribution is 2.76. The molecule has 3 saturated carbocycles. The molecule has 1 aliphatic heterocycles. The molecule has 5 nitrogen and oxygen atoms in total. The van der Waals surface area contributed by atoms with E-state index in [1.54, 1.807) is 13.0 Å². The molecule has 0 aromatic heterocycles. The summed E-state index contributed by atoms with van der Waals surface area (Å²) in [6.07, 6.45) is 6.28. The molecule has 25 heavy (non-hydrogen) atoms. The lowest BCUT2D eigenvalue weighted by Gasteiger charge is -2.42. The molecule has 5 rings (SSSR count). The van der Waals surface area contributed by atoms with Crippen molar-refractivity contribution in [2.24, 2.45) is 34.5 Å². The monoisotopic (exact) mass is 344 g/mol. The number of aliphatic hydroxyl groups is 1. The Morgan fingerprint density at radius 2 is 2.20 bits per heavy atom. The minimum absolute atomic E-state index is 0.0825. The minimum Gasteiger partial charge on any atom is -0.469 e. The second-order valence-electron chi connectivity index (χ2n) is 8.91. The zero-order valence-corrected chi connectivity index (χ0v) is 14.7. The number of methoxy groups -OCH3 is 1. The predicted octanol–water partition coefficient (Wildman–Crippen LogP) is 2.00. The van der Waals surface area contributed by atoms with E-state index in [-0.39, 0.29) is 23.2 Å². The molecule has 0 unspecified atom stereocenters. The van der Waals surface area contributed by atoms with Crippen LogP contribution in [0.1, 0.15) is 32.6 Å². The van der Waals surface area contributed by atoms with Gasteiger partial charge in [0.25, 0.3) is 0 Å². The molecule has 0 radical (unpaired) electrons. The number of hydrogen-bond acceptors (Lipinski definition) is 5. The van der Waals surface area contributed by atoms with Gasteiger partial charge in [-0.1, -0.05) is 18.2 Å². The van der Waals surface area contributed by atoms with Crippen LogP contribution in [-0.4, -0.2) is 35.9 Å². The summed E-state index contributed by atoms with van der Waals surface area (Å²) < 4.78 is 11.2. The van der Waals surface area contributed by atoms with Gasteiger partial charge in [0, 0.05) is 11.8 Å². The maximum Gasteiger partial charge on any atom is 0.316 e. The number of carbonyl (C=O) groups is 2. The third-order valence-electron chi connectivity index (χ3n) is 8.21. The molecular weight excluding hydrogens is 320 g/mol. The fourth-order valence-corrected chi connectivity index (χ4v) is 7.25. The molecule has 1 saturated heterocycles. The maximum absolute atomic E-state index is 13.0. The lowest BCUT2D eigenvalue weighted by molar-refractivity contribution is -0.162. The van der Waals surface area contributed by atoms with Crippen LogP contribution in [0.2, 0.25) is 0 Å². The fraction of sp³-hybridized carbons (Fsp3) is 0.700. The summed E-state index contributed by atoms with van der Waals surface area (Å²) in [5.74, 6) is -0.970. The van der Waals surface area contributed by atoms with E-state index in [2.05, 4.69) is 6.58 Å². The lowest BCUT2D eigenvalue weighted by Crippen LogP contribution is -2.50. The summed E-state index contributed by atoms with van der Waals surface area (Å²) in [6, 6.07) is 0. The topological polar surface area (TPSA) is 72.8 Å². The Morgan fingerprint density at radius 3 is 2.92 bits per heavy atom. The van der Waals surface area contributed by atoms with Gasteiger partial charge < -0.3 is 14.6 Å². The van der Waals surface area contributed by atoms with E-state index in [9.17, 15) is 14.7 Å². The van der Waals surface area contributed by atoms with Gasteiger partial charge in [0.1, 0.15) is 11.0 Å². The molecule has 5 heteroatoms. The summed E-state index contributed by atoms with van der Waals surface area (Å²) in [7, 11) is 1.41. The average molecular weight is 344 g/mol. The molecule has 8 atom stereocenters. The number of esters is 2. The Hall–Kier alpha value is -1.62. The van der Waals surface area contributed by atoms with Gasteiger partial charge in [0.2, 0.25) is 0 Å². The SMILES string of the molecule is C=C1C[C@]23C[C@@H]1CC[C@H]2[C@@]12C=C[C@H](O)[C@](C)(C(=O)O1)[C@H]2[C@@H]3C(=O)OC. The van der Waals surface area contributed by atoms with Gasteiger partial charge >= 0.3 is 11.9 Å². The Balaban J connectivity index is 1.77. The number of allylic oxidation sites excluding steroid dienone is 1. The first-order valence-corrected chi connectivity index (χ1v) is 9.17. The van der Waals surface area contributed by atoms with E-state index in [0.29, 0.717) is 5.92 Å². The Labute approximate surface area is 147 Å². The lowest BCUT2D eigenvalue weighted by atomic mass is 9.61. The van der Waals surface area contributed by atoms with E-state index in [0.717, 1.165) is 25.7 Å². The Morgan fingerprint density at radius 1 is 1.44 bits per heavy atom. The highest BCUT2D eigenvalue weighted by atomic mass is 16.6. The van der Waals surface area contributed by atoms with E-state index in [1.807, 2.05) is 6.08 Å². The molecule has 0 aromatic rings. The van der Waals surface area contributed by atoms with Crippen LogP contribution in [0, 0.1) is 34.5 Å². The molecule has 1 heterocycles. The number of ether oxygens (including phenoxy) is 2. The molecule has 134 valence electrons. The molecular formula is C20H24O5. The van der Waals surface area contributed by atoms with Crippen LogP contribution in [0.3, 0.4) is 0 Å². The van der Waals surface area contributed by atoms with Crippen molar-refractivity contribution >= 4 is 11.9 Å². The van der Waals surface area contributed by atoms with Gasteiger partial charge in [-0.15, -0.1) is 0 Å². The third-order valence-corrected chi connectivity index (χ3v) is 8.21. The summed E-state index contributed by atoms with van der Waals surface area (Å²) >= 11 is 0. The summed E-state index contributed by atoms with van der Waals surface area (Å²) in [5, 5.41) is 10.6. The normalized spacial score (nSPS) is 54.9. The quantitative estimate of drug-likeness (QED) is 0.582. The smallest absolute Gasteiger partial charge is 0.316 e. The minimum atomic E-state index is -1.10. The van der Waals surface area contributed by atoms with Gasteiger partial charge in [-0.25, -0.2) is 0 Å². The van der Waals surface area contributed by atoms with Crippen LogP contribution in [-0.2, 0) is 19.1 Å². The van der Waals surface area contributed by atoms with E-state index >= 15 is 0 Å². The fourth-order valence-electron chi connectivity index (χ4n) is 7.25. The van der Waals surface area contributed by atoms with Gasteiger partial charge in [0.05, 0.1) is 19.1 Å². The first kappa shape index (κ1) is 15.6. The number of fused-ring (bicyclic) bond motifs is 1. The van der Waals surface area contributed by atoms with Crippen LogP contribution in [0.15, 0.2) is 24.3 Å². The molecule has 4 aliphatic carbocycles. The average Bonchev–Trinajstić information content (AvgIpc) is 3.05. The van der Waals surface area contributed by atoms with Gasteiger partial charge in [-0.2, -0.15) is 0 Å². The van der Waals surface area contributed by atoms with Crippen molar-refractivity contribution < 1.29 is 24.2 Å². The number of aliphatic hydroxyl groups excluding tert-OH is 1. The Kier molecular flexibility index (Phi) is 2.73. The molecule has 4 bridgehead atoms. The molecule has 1 N–H and O–H groups in total. The van der Waals surface area contributed by atoms with Crippen molar-refractivity contribution in [1.82, 2.24) is 0 Å². The van der Waals surface area contributed by atoms with Crippen molar-refractivity contribution in [2.75, 3.05) is 7.11 Å². The van der Waals surface area contributed by atoms with E-state index in [1.165, 1.54) is 12.7 Å². The zero-order valence-electron chi connectivity index (χ0n) is 14.7. The van der Waals surface area contributed by atoms with Crippen LogP contribution in [0.25, 0.3) is 0 Å². The van der Waals surface area contributed by atoms with Crippen molar-refractivity contribution in [3.63, 3.8) is 0 Å². The largest absolute Gasteiger partial charge is 0.469 e. The van der Waals surface area contributed by atoms with Crippen LogP contribution >= 0.6 is 0 Å². The Bertz CT molecular complexity index is 740. The van der Waals surface area contributed by atoms with Gasteiger partial charge in [0.15, 0.2) is 0 Å². The van der Waals surface area contributed by atoms with Crippen molar-refractivity contribution in [3.05, 3.63) is 24.3 Å². The standard InChI is InChI=1S/C20H24O5/c1-10-8-19-9-11(10)4-5-12(19)20-7-6-13(21)18(2,17(23)25-20)15(20)14(19)16(22)24-3/h6-7,11-15,21H,1,4-5,8-9H2,2-3H3/t11-,12+,13-,14+,15+,18-,19-,20+/m0/s1.